The molecule has 2 rings (SSSR count). The van der Waals surface area contributed by atoms with E-state index in [1.54, 1.807) is 0 Å². The van der Waals surface area contributed by atoms with Gasteiger partial charge < -0.3 is 9.47 Å². The Balaban J connectivity index is 2.23. The van der Waals surface area contributed by atoms with Gasteiger partial charge in [-0.3, -0.25) is 4.79 Å². The largest absolute Gasteiger partial charge is 0.465 e. The summed E-state index contributed by atoms with van der Waals surface area (Å²) in [5, 5.41) is 0. The zero-order valence-corrected chi connectivity index (χ0v) is 14.1. The van der Waals surface area contributed by atoms with Crippen molar-refractivity contribution in [2.24, 2.45) is 23.2 Å². The lowest BCUT2D eigenvalue weighted by Crippen LogP contribution is -2.56. The Kier molecular flexibility index (Phi) is 5.13. The third-order valence-electron chi connectivity index (χ3n) is 5.74. The summed E-state index contributed by atoms with van der Waals surface area (Å²) in [5.74, 6) is 1.15. The van der Waals surface area contributed by atoms with Crippen molar-refractivity contribution in [2.45, 2.75) is 60.0 Å². The zero-order valence-electron chi connectivity index (χ0n) is 14.1. The number of carbonyl (C=O) groups is 1. The summed E-state index contributed by atoms with van der Waals surface area (Å²) in [6.07, 6.45) is 6.27. The van der Waals surface area contributed by atoms with E-state index in [1.807, 2.05) is 0 Å². The molecule has 1 aliphatic heterocycles. The topological polar surface area (TPSA) is 35.5 Å². The third-order valence-corrected chi connectivity index (χ3v) is 5.74. The van der Waals surface area contributed by atoms with Crippen LogP contribution in [0.5, 0.6) is 0 Å². The fourth-order valence-electron chi connectivity index (χ4n) is 4.29. The van der Waals surface area contributed by atoms with Crippen LogP contribution in [0.25, 0.3) is 0 Å². The van der Waals surface area contributed by atoms with Crippen LogP contribution in [-0.4, -0.2) is 25.3 Å². The maximum atomic E-state index is 11.2. The number of hydrogen-bond acceptors (Lipinski definition) is 3. The molecule has 3 heteroatoms. The number of esters is 1. The van der Waals surface area contributed by atoms with Gasteiger partial charge in [-0.25, -0.2) is 0 Å². The smallest absolute Gasteiger partial charge is 0.302 e. The molecule has 0 radical (unpaired) electrons. The molecule has 0 aromatic rings. The Hall–Kier alpha value is -0.830. The minimum Gasteiger partial charge on any atom is -0.465 e. The number of fused-ring (bicyclic) bond motifs is 2. The van der Waals surface area contributed by atoms with Gasteiger partial charge in [0.2, 0.25) is 0 Å². The van der Waals surface area contributed by atoms with E-state index in [0.717, 1.165) is 6.42 Å². The molecule has 3 nitrogen and oxygen atoms in total. The number of carbonyl (C=O) groups excluding carboxylic acids is 1. The summed E-state index contributed by atoms with van der Waals surface area (Å²) in [6, 6.07) is 0. The van der Waals surface area contributed by atoms with Crippen LogP contribution in [0.2, 0.25) is 0 Å². The highest BCUT2D eigenvalue weighted by molar-refractivity contribution is 5.65. The first-order valence-corrected chi connectivity index (χ1v) is 8.35. The van der Waals surface area contributed by atoms with E-state index in [1.165, 1.54) is 25.3 Å². The Morgan fingerprint density at radius 3 is 2.81 bits per heavy atom. The molecule has 0 aromatic heterocycles. The monoisotopic (exact) mass is 294 g/mol. The van der Waals surface area contributed by atoms with E-state index in [9.17, 15) is 4.79 Å². The Labute approximate surface area is 129 Å². The maximum absolute atomic E-state index is 11.2. The van der Waals surface area contributed by atoms with Crippen LogP contribution in [0.3, 0.4) is 0 Å². The van der Waals surface area contributed by atoms with Crippen LogP contribution >= 0.6 is 0 Å². The van der Waals surface area contributed by atoms with E-state index in [0.29, 0.717) is 37.1 Å². The van der Waals surface area contributed by atoms with Crippen LogP contribution in [0.1, 0.15) is 53.9 Å². The molecule has 3 unspecified atom stereocenters. The van der Waals surface area contributed by atoms with E-state index in [2.05, 4.69) is 33.8 Å². The SMILES string of the molecule is CCCCC1OC[C@]2(COC(C)=O)C(C)C=C(C)[C@@H]1C2C. The van der Waals surface area contributed by atoms with E-state index in [-0.39, 0.29) is 11.4 Å². The van der Waals surface area contributed by atoms with E-state index >= 15 is 0 Å². The minimum absolute atomic E-state index is 0.0570. The fraction of sp³-hybridized carbons (Fsp3) is 0.833. The molecular weight excluding hydrogens is 264 g/mol. The molecule has 1 heterocycles. The maximum Gasteiger partial charge on any atom is 0.302 e. The molecule has 0 saturated carbocycles. The summed E-state index contributed by atoms with van der Waals surface area (Å²) in [5.41, 5.74) is 1.40. The Morgan fingerprint density at radius 1 is 1.48 bits per heavy atom. The third kappa shape index (κ3) is 3.03. The van der Waals surface area contributed by atoms with Crippen molar-refractivity contribution in [1.82, 2.24) is 0 Å². The van der Waals surface area contributed by atoms with Gasteiger partial charge >= 0.3 is 5.97 Å². The van der Waals surface area contributed by atoms with E-state index in [4.69, 9.17) is 9.47 Å². The molecule has 1 aliphatic carbocycles. The predicted molar refractivity (Wildman–Crippen MR) is 83.9 cm³/mol. The second-order valence-electron chi connectivity index (χ2n) is 7.02. The van der Waals surface area contributed by atoms with Gasteiger partial charge in [-0.1, -0.05) is 45.3 Å². The van der Waals surface area contributed by atoms with Crippen LogP contribution in [0, 0.1) is 23.2 Å². The fourth-order valence-corrected chi connectivity index (χ4v) is 4.29. The summed E-state index contributed by atoms with van der Waals surface area (Å²) < 4.78 is 11.7. The first-order valence-electron chi connectivity index (χ1n) is 8.35. The van der Waals surface area contributed by atoms with E-state index < -0.39 is 0 Å². The highest BCUT2D eigenvalue weighted by atomic mass is 16.5. The molecule has 5 atom stereocenters. The Morgan fingerprint density at radius 2 is 2.19 bits per heavy atom. The number of unbranched alkanes of at least 4 members (excludes halogenated alkanes) is 1. The van der Waals surface area contributed by atoms with Crippen LogP contribution in [0.15, 0.2) is 11.6 Å². The van der Waals surface area contributed by atoms with Crippen molar-refractivity contribution >= 4 is 5.97 Å². The van der Waals surface area contributed by atoms with Gasteiger partial charge in [0.1, 0.15) is 0 Å². The van der Waals surface area contributed by atoms with Crippen LogP contribution < -0.4 is 0 Å². The van der Waals surface area contributed by atoms with Crippen molar-refractivity contribution in [1.29, 1.82) is 0 Å². The van der Waals surface area contributed by atoms with Crippen LogP contribution in [-0.2, 0) is 14.3 Å². The average Bonchev–Trinajstić information content (AvgIpc) is 2.42. The van der Waals surface area contributed by atoms with Gasteiger partial charge in [-0.15, -0.1) is 0 Å². The van der Waals surface area contributed by atoms with Gasteiger partial charge in [-0.2, -0.15) is 0 Å². The molecule has 2 bridgehead atoms. The van der Waals surface area contributed by atoms with Crippen molar-refractivity contribution in [2.75, 3.05) is 13.2 Å². The Bertz CT molecular complexity index is 415. The van der Waals surface area contributed by atoms with Gasteiger partial charge in [0.25, 0.3) is 0 Å². The number of allylic oxidation sites excluding steroid dienone is 1. The number of ether oxygens (including phenoxy) is 2. The minimum atomic E-state index is -0.195. The van der Waals surface area contributed by atoms with Gasteiger partial charge in [-0.05, 0) is 25.2 Å². The quantitative estimate of drug-likeness (QED) is 0.568. The van der Waals surface area contributed by atoms with Gasteiger partial charge in [0.15, 0.2) is 0 Å². The molecule has 0 amide bonds. The standard InChI is InChI=1S/C18H30O3/c1-6-7-8-16-17-12(2)9-13(3)18(11-21-16,14(17)4)10-20-15(5)19/h9,13-14,16-17H,6-8,10-11H2,1-5H3/t13?,14?,16?,17-,18-/m1/s1. The van der Waals surface area contributed by atoms with Crippen molar-refractivity contribution in [3.63, 3.8) is 0 Å². The second-order valence-corrected chi connectivity index (χ2v) is 7.02. The molecule has 1 fully saturated rings. The predicted octanol–water partition coefficient (Wildman–Crippen LogP) is 3.97. The van der Waals surface area contributed by atoms with Crippen molar-refractivity contribution in [3.05, 3.63) is 11.6 Å². The van der Waals surface area contributed by atoms with Crippen molar-refractivity contribution in [3.8, 4) is 0 Å². The first-order chi connectivity index (χ1) is 9.92. The second kappa shape index (κ2) is 6.51. The molecule has 0 N–H and O–H groups in total. The van der Waals surface area contributed by atoms with Gasteiger partial charge in [0, 0.05) is 18.3 Å². The molecule has 21 heavy (non-hydrogen) atoms. The summed E-state index contributed by atoms with van der Waals surface area (Å²) in [7, 11) is 0. The lowest BCUT2D eigenvalue weighted by Gasteiger charge is -2.55. The molecule has 0 aromatic carbocycles. The lowest BCUT2D eigenvalue weighted by molar-refractivity contribution is -0.180. The normalized spacial score (nSPS) is 38.8. The molecular formula is C18H30O3. The average molecular weight is 294 g/mol. The summed E-state index contributed by atoms with van der Waals surface area (Å²) in [4.78, 5) is 11.2. The molecule has 120 valence electrons. The zero-order chi connectivity index (χ0) is 15.6. The number of rotatable bonds is 5. The number of hydrogen-bond donors (Lipinski definition) is 0. The van der Waals surface area contributed by atoms with Crippen molar-refractivity contribution < 1.29 is 14.3 Å². The first kappa shape index (κ1) is 16.5. The molecule has 0 spiro atoms. The van der Waals surface area contributed by atoms with Crippen LogP contribution in [0.4, 0.5) is 0 Å². The van der Waals surface area contributed by atoms with Gasteiger partial charge in [0.05, 0.1) is 19.3 Å². The summed E-state index contributed by atoms with van der Waals surface area (Å²) in [6.45, 7) is 11.7. The molecule has 1 saturated heterocycles. The lowest BCUT2D eigenvalue weighted by atomic mass is 9.56. The highest BCUT2D eigenvalue weighted by Crippen LogP contribution is 2.53. The summed E-state index contributed by atoms with van der Waals surface area (Å²) >= 11 is 0. The highest BCUT2D eigenvalue weighted by Gasteiger charge is 2.53. The molecule has 2 aliphatic rings.